The molecule has 222 valence electrons. The van der Waals surface area contributed by atoms with Crippen LogP contribution in [0.5, 0.6) is 11.5 Å². The summed E-state index contributed by atoms with van der Waals surface area (Å²) in [4.78, 5) is 46.9. The third kappa shape index (κ3) is 8.42. The molecule has 3 aromatic carbocycles. The van der Waals surface area contributed by atoms with Crippen LogP contribution >= 0.6 is 0 Å². The Morgan fingerprint density at radius 1 is 0.767 bits per heavy atom. The van der Waals surface area contributed by atoms with Gasteiger partial charge in [0.2, 0.25) is 0 Å². The summed E-state index contributed by atoms with van der Waals surface area (Å²) in [5, 5.41) is 19.0. The van der Waals surface area contributed by atoms with Gasteiger partial charge in [0.15, 0.2) is 11.6 Å². The molecule has 4 aromatic rings. The summed E-state index contributed by atoms with van der Waals surface area (Å²) >= 11 is 0. The van der Waals surface area contributed by atoms with Gasteiger partial charge < -0.3 is 24.3 Å². The van der Waals surface area contributed by atoms with Crippen molar-refractivity contribution in [3.8, 4) is 11.5 Å². The van der Waals surface area contributed by atoms with Gasteiger partial charge in [-0.1, -0.05) is 54.6 Å². The fraction of sp³-hybridized carbons (Fsp3) is 0.235. The van der Waals surface area contributed by atoms with Crippen LogP contribution in [-0.4, -0.2) is 51.5 Å². The largest absolute Gasteiger partial charge is 0.494 e. The van der Waals surface area contributed by atoms with Crippen molar-refractivity contribution < 1.29 is 38.9 Å². The molecular formula is C34H33NO8. The van der Waals surface area contributed by atoms with Crippen molar-refractivity contribution >= 4 is 46.6 Å². The Morgan fingerprint density at radius 3 is 2.19 bits per heavy atom. The minimum Gasteiger partial charge on any atom is -0.494 e. The molecule has 4 rings (SSSR count). The van der Waals surface area contributed by atoms with E-state index in [1.165, 1.54) is 17.7 Å². The molecule has 1 aromatic heterocycles. The van der Waals surface area contributed by atoms with Crippen molar-refractivity contribution in [3.63, 3.8) is 0 Å². The Hall–Kier alpha value is -5.18. The summed E-state index contributed by atoms with van der Waals surface area (Å²) in [5.74, 6) is -1.18. The van der Waals surface area contributed by atoms with Gasteiger partial charge in [0.05, 0.1) is 30.7 Å². The lowest BCUT2D eigenvalue weighted by atomic mass is 10.0. The summed E-state index contributed by atoms with van der Waals surface area (Å²) in [7, 11) is 0. The molecule has 0 bridgehead atoms. The summed E-state index contributed by atoms with van der Waals surface area (Å²) < 4.78 is 13.1. The molecule has 0 radical (unpaired) electrons. The van der Waals surface area contributed by atoms with E-state index >= 15 is 0 Å². The number of hydrogen-bond acceptors (Lipinski definition) is 6. The van der Waals surface area contributed by atoms with Crippen LogP contribution in [0.1, 0.15) is 64.4 Å². The minimum atomic E-state index is -1.07. The van der Waals surface area contributed by atoms with Gasteiger partial charge in [0.1, 0.15) is 18.0 Å². The predicted molar refractivity (Wildman–Crippen MR) is 163 cm³/mol. The quantitative estimate of drug-likeness (QED) is 0.0882. The van der Waals surface area contributed by atoms with Gasteiger partial charge in [-0.2, -0.15) is 0 Å². The topological polar surface area (TPSA) is 132 Å². The Balaban J connectivity index is 1.36. The number of nitrogens with zero attached hydrogens (tertiary/aromatic N) is 1. The van der Waals surface area contributed by atoms with Gasteiger partial charge >= 0.3 is 11.9 Å². The van der Waals surface area contributed by atoms with Crippen molar-refractivity contribution in [2.24, 2.45) is 0 Å². The average Bonchev–Trinajstić information content (AvgIpc) is 3.35. The molecule has 43 heavy (non-hydrogen) atoms. The number of Topliss-reactive ketones (excluding diaryl/α,β-unsaturated/α-hetero) is 2. The standard InChI is InChI=1S/C34H33NO8/c1-23(36)27-8-2-3-10-31(27)43-20-5-4-19-42-26-15-12-24(13-16-26)11-14-25-7-6-9-28-29(30(37)17-18-32(38)39)21-35(34(25)28)22-33(40)41/h2-3,6-16,21H,4-5,17-20,22H2,1H3,(H,38,39)(H,40,41)/b14-11+. The van der Waals surface area contributed by atoms with Gasteiger partial charge in [-0.15, -0.1) is 0 Å². The monoisotopic (exact) mass is 583 g/mol. The van der Waals surface area contributed by atoms with Crippen LogP contribution in [0.15, 0.2) is 72.9 Å². The van der Waals surface area contributed by atoms with Gasteiger partial charge in [-0.25, -0.2) is 0 Å². The molecule has 0 atom stereocenters. The number of para-hydroxylation sites is 2. The van der Waals surface area contributed by atoms with Gasteiger partial charge in [0.25, 0.3) is 0 Å². The molecule has 9 nitrogen and oxygen atoms in total. The average molecular weight is 584 g/mol. The van der Waals surface area contributed by atoms with E-state index in [2.05, 4.69) is 0 Å². The number of carboxylic acids is 2. The molecule has 0 amide bonds. The van der Waals surface area contributed by atoms with Crippen LogP contribution in [0.25, 0.3) is 23.1 Å². The van der Waals surface area contributed by atoms with Gasteiger partial charge in [0, 0.05) is 23.6 Å². The third-order valence-electron chi connectivity index (χ3n) is 6.77. The second kappa shape index (κ2) is 14.6. The second-order valence-corrected chi connectivity index (χ2v) is 9.98. The highest BCUT2D eigenvalue weighted by atomic mass is 16.5. The molecule has 0 spiro atoms. The van der Waals surface area contributed by atoms with E-state index < -0.39 is 11.9 Å². The molecular weight excluding hydrogens is 550 g/mol. The molecule has 0 unspecified atom stereocenters. The zero-order valence-electron chi connectivity index (χ0n) is 23.8. The number of carbonyl (C=O) groups is 4. The van der Waals surface area contributed by atoms with E-state index in [0.29, 0.717) is 41.0 Å². The summed E-state index contributed by atoms with van der Waals surface area (Å²) in [6, 6.07) is 20.1. The summed E-state index contributed by atoms with van der Waals surface area (Å²) in [5.41, 5.74) is 3.10. The first-order valence-electron chi connectivity index (χ1n) is 14.0. The lowest BCUT2D eigenvalue weighted by Crippen LogP contribution is -2.08. The number of aromatic nitrogens is 1. The van der Waals surface area contributed by atoms with Crippen LogP contribution in [0.3, 0.4) is 0 Å². The smallest absolute Gasteiger partial charge is 0.323 e. The van der Waals surface area contributed by atoms with E-state index in [-0.39, 0.29) is 31.0 Å². The number of benzene rings is 3. The minimum absolute atomic E-state index is 0.0299. The molecule has 0 aliphatic rings. The highest BCUT2D eigenvalue weighted by Gasteiger charge is 2.18. The molecule has 9 heteroatoms. The molecule has 0 saturated carbocycles. The van der Waals surface area contributed by atoms with Crippen molar-refractivity contribution in [2.45, 2.75) is 39.2 Å². The number of hydrogen-bond donors (Lipinski definition) is 2. The van der Waals surface area contributed by atoms with Crippen LogP contribution in [0, 0.1) is 0 Å². The van der Waals surface area contributed by atoms with Crippen molar-refractivity contribution in [1.82, 2.24) is 4.57 Å². The first-order valence-corrected chi connectivity index (χ1v) is 14.0. The van der Waals surface area contributed by atoms with E-state index in [9.17, 15) is 24.3 Å². The lowest BCUT2D eigenvalue weighted by Gasteiger charge is -2.10. The van der Waals surface area contributed by atoms with Crippen LogP contribution in [0.2, 0.25) is 0 Å². The second-order valence-electron chi connectivity index (χ2n) is 9.98. The zero-order valence-corrected chi connectivity index (χ0v) is 23.8. The van der Waals surface area contributed by atoms with Gasteiger partial charge in [-0.3, -0.25) is 19.2 Å². The van der Waals surface area contributed by atoms with Crippen molar-refractivity contribution in [1.29, 1.82) is 0 Å². The maximum Gasteiger partial charge on any atom is 0.323 e. The molecule has 0 saturated heterocycles. The number of rotatable bonds is 16. The summed E-state index contributed by atoms with van der Waals surface area (Å²) in [6.45, 7) is 2.18. The first kappa shape index (κ1) is 30.8. The van der Waals surface area contributed by atoms with Crippen LogP contribution < -0.4 is 9.47 Å². The van der Waals surface area contributed by atoms with E-state index in [1.807, 2.05) is 54.6 Å². The lowest BCUT2D eigenvalue weighted by molar-refractivity contribution is -0.138. The van der Waals surface area contributed by atoms with Crippen LogP contribution in [0.4, 0.5) is 0 Å². The molecule has 0 fully saturated rings. The third-order valence-corrected chi connectivity index (χ3v) is 6.77. The fourth-order valence-corrected chi connectivity index (χ4v) is 4.69. The number of unbranched alkanes of at least 4 members (excludes halogenated alkanes) is 1. The number of fused-ring (bicyclic) bond motifs is 1. The first-order chi connectivity index (χ1) is 20.7. The number of carboxylic acid groups (broad SMARTS) is 2. The fourth-order valence-electron chi connectivity index (χ4n) is 4.69. The Kier molecular flexibility index (Phi) is 10.5. The van der Waals surface area contributed by atoms with E-state index in [1.54, 1.807) is 24.3 Å². The van der Waals surface area contributed by atoms with Crippen molar-refractivity contribution in [3.05, 3.63) is 95.2 Å². The van der Waals surface area contributed by atoms with Gasteiger partial charge in [-0.05, 0) is 55.2 Å². The SMILES string of the molecule is CC(=O)c1ccccc1OCCCCOc1ccc(/C=C/c2cccc3c(C(=O)CCC(=O)O)cn(CC(=O)O)c23)cc1. The molecule has 0 aliphatic carbocycles. The number of ether oxygens (including phenoxy) is 2. The van der Waals surface area contributed by atoms with Crippen molar-refractivity contribution in [2.75, 3.05) is 13.2 Å². The van der Waals surface area contributed by atoms with E-state index in [0.717, 1.165) is 29.7 Å². The maximum atomic E-state index is 12.7. The summed E-state index contributed by atoms with van der Waals surface area (Å²) in [6.07, 6.45) is 6.32. The zero-order chi connectivity index (χ0) is 30.8. The van der Waals surface area contributed by atoms with Crippen LogP contribution in [-0.2, 0) is 16.1 Å². The highest BCUT2D eigenvalue weighted by molar-refractivity contribution is 6.10. The predicted octanol–water partition coefficient (Wildman–Crippen LogP) is 6.38. The number of aliphatic carboxylic acids is 2. The maximum absolute atomic E-state index is 12.7. The Bertz CT molecular complexity index is 1650. The Labute approximate surface area is 249 Å². The molecule has 1 heterocycles. The normalized spacial score (nSPS) is 11.1. The van der Waals surface area contributed by atoms with E-state index in [4.69, 9.17) is 14.6 Å². The Morgan fingerprint density at radius 2 is 1.49 bits per heavy atom. The molecule has 2 N–H and O–H groups in total. The number of carbonyl (C=O) groups excluding carboxylic acids is 2. The number of ketones is 2. The molecule has 0 aliphatic heterocycles. The highest BCUT2D eigenvalue weighted by Crippen LogP contribution is 2.28.